The zero-order chi connectivity index (χ0) is 16.1. The molecule has 0 aliphatic carbocycles. The summed E-state index contributed by atoms with van der Waals surface area (Å²) in [4.78, 5) is 18.8. The number of nitrogens with zero attached hydrogens (tertiary/aromatic N) is 1. The number of halogens is 1. The van der Waals surface area contributed by atoms with Crippen LogP contribution in [0, 0.1) is 0 Å². The Kier molecular flexibility index (Phi) is 5.33. The van der Waals surface area contributed by atoms with Crippen LogP contribution in [-0.2, 0) is 4.79 Å². The molecular weight excluding hydrogens is 342 g/mol. The molecule has 2 N–H and O–H groups in total. The molecule has 0 atom stereocenters. The van der Waals surface area contributed by atoms with Crippen molar-refractivity contribution < 1.29 is 4.79 Å². The molecule has 0 bridgehead atoms. The van der Waals surface area contributed by atoms with E-state index < -0.39 is 0 Å². The number of carbonyl (C=O) groups excluding carboxylic acids is 1. The molecule has 3 aromatic rings. The van der Waals surface area contributed by atoms with E-state index in [4.69, 9.17) is 0 Å². The Balaban J connectivity index is 0.000000847. The van der Waals surface area contributed by atoms with Crippen LogP contribution < -0.4 is 5.32 Å². The van der Waals surface area contributed by atoms with Gasteiger partial charge in [0.2, 0.25) is 5.91 Å². The first kappa shape index (κ1) is 16.2. The molecule has 1 amide bonds. The van der Waals surface area contributed by atoms with E-state index in [1.54, 1.807) is 0 Å². The molecule has 0 radical (unpaired) electrons. The van der Waals surface area contributed by atoms with Crippen molar-refractivity contribution in [3.63, 3.8) is 0 Å². The van der Waals surface area contributed by atoms with Gasteiger partial charge < -0.3 is 10.3 Å². The van der Waals surface area contributed by atoms with Gasteiger partial charge in [0.25, 0.3) is 0 Å². The lowest BCUT2D eigenvalue weighted by molar-refractivity contribution is -0.114. The number of aromatic amines is 1. The molecular formula is C17H18BrN3O. The van der Waals surface area contributed by atoms with E-state index in [1.807, 2.05) is 56.3 Å². The Morgan fingerprint density at radius 2 is 1.82 bits per heavy atom. The summed E-state index contributed by atoms with van der Waals surface area (Å²) in [6.07, 6.45) is 0. The summed E-state index contributed by atoms with van der Waals surface area (Å²) in [7, 11) is 0. The third kappa shape index (κ3) is 3.74. The SMILES string of the molecule is CC.CC(=O)Nc1ccc(-c2nc3ccc(Br)cc3[nH]2)cc1. The molecule has 0 unspecified atom stereocenters. The van der Waals surface area contributed by atoms with E-state index in [9.17, 15) is 4.79 Å². The first-order valence-electron chi connectivity index (χ1n) is 7.15. The molecule has 0 fully saturated rings. The zero-order valence-corrected chi connectivity index (χ0v) is 14.4. The van der Waals surface area contributed by atoms with Gasteiger partial charge in [0.15, 0.2) is 0 Å². The van der Waals surface area contributed by atoms with Gasteiger partial charge in [0, 0.05) is 22.6 Å². The predicted molar refractivity (Wildman–Crippen MR) is 94.9 cm³/mol. The van der Waals surface area contributed by atoms with Gasteiger partial charge in [0.1, 0.15) is 5.82 Å². The molecule has 5 heteroatoms. The Hall–Kier alpha value is -2.14. The number of hydrogen-bond acceptors (Lipinski definition) is 2. The maximum atomic E-state index is 11.0. The van der Waals surface area contributed by atoms with E-state index >= 15 is 0 Å². The van der Waals surface area contributed by atoms with E-state index in [0.29, 0.717) is 0 Å². The summed E-state index contributed by atoms with van der Waals surface area (Å²) in [5.74, 6) is 0.735. The predicted octanol–water partition coefficient (Wildman–Crippen LogP) is 4.98. The van der Waals surface area contributed by atoms with Gasteiger partial charge >= 0.3 is 0 Å². The second kappa shape index (κ2) is 7.22. The maximum absolute atomic E-state index is 11.0. The highest BCUT2D eigenvalue weighted by molar-refractivity contribution is 9.10. The van der Waals surface area contributed by atoms with Crippen molar-refractivity contribution in [2.75, 3.05) is 5.32 Å². The number of H-pyrrole nitrogens is 1. The number of imidazole rings is 1. The second-order valence-corrected chi connectivity index (χ2v) is 5.42. The molecule has 2 aromatic carbocycles. The first-order chi connectivity index (χ1) is 10.6. The van der Waals surface area contributed by atoms with E-state index in [1.165, 1.54) is 6.92 Å². The number of hydrogen-bond donors (Lipinski definition) is 2. The highest BCUT2D eigenvalue weighted by atomic mass is 79.9. The van der Waals surface area contributed by atoms with Gasteiger partial charge in [-0.2, -0.15) is 0 Å². The number of carbonyl (C=O) groups is 1. The molecule has 22 heavy (non-hydrogen) atoms. The Labute approximate surface area is 138 Å². The normalized spacial score (nSPS) is 10.0. The Morgan fingerprint density at radius 3 is 2.45 bits per heavy atom. The maximum Gasteiger partial charge on any atom is 0.221 e. The zero-order valence-electron chi connectivity index (χ0n) is 12.8. The lowest BCUT2D eigenvalue weighted by atomic mass is 10.2. The van der Waals surface area contributed by atoms with Crippen LogP contribution in [-0.4, -0.2) is 15.9 Å². The lowest BCUT2D eigenvalue weighted by Crippen LogP contribution is -2.05. The third-order valence-corrected chi connectivity index (χ3v) is 3.42. The molecule has 0 saturated heterocycles. The summed E-state index contributed by atoms with van der Waals surface area (Å²) >= 11 is 3.44. The standard InChI is InChI=1S/C15H12BrN3O.C2H6/c1-9(20)17-12-5-2-10(3-6-12)15-18-13-7-4-11(16)8-14(13)19-15;1-2/h2-8H,1H3,(H,17,20)(H,18,19);1-2H3. The number of anilines is 1. The van der Waals surface area contributed by atoms with Crippen molar-refractivity contribution in [2.24, 2.45) is 0 Å². The lowest BCUT2D eigenvalue weighted by Gasteiger charge is -2.02. The van der Waals surface area contributed by atoms with E-state index in [2.05, 4.69) is 31.2 Å². The van der Waals surface area contributed by atoms with Crippen LogP contribution in [0.1, 0.15) is 20.8 Å². The average Bonchev–Trinajstić information content (AvgIpc) is 2.92. The van der Waals surface area contributed by atoms with Crippen LogP contribution in [0.2, 0.25) is 0 Å². The van der Waals surface area contributed by atoms with Crippen molar-refractivity contribution in [2.45, 2.75) is 20.8 Å². The first-order valence-corrected chi connectivity index (χ1v) is 7.94. The quantitative estimate of drug-likeness (QED) is 0.677. The second-order valence-electron chi connectivity index (χ2n) is 4.51. The number of nitrogens with one attached hydrogen (secondary N) is 2. The van der Waals surface area contributed by atoms with Crippen molar-refractivity contribution in [1.29, 1.82) is 0 Å². The van der Waals surface area contributed by atoms with Crippen molar-refractivity contribution in [1.82, 2.24) is 9.97 Å². The minimum Gasteiger partial charge on any atom is -0.338 e. The molecule has 0 aliphatic heterocycles. The highest BCUT2D eigenvalue weighted by Gasteiger charge is 2.06. The fourth-order valence-electron chi connectivity index (χ4n) is 2.03. The van der Waals surface area contributed by atoms with E-state index in [0.717, 1.165) is 32.6 Å². The minimum atomic E-state index is -0.0775. The van der Waals surface area contributed by atoms with Crippen LogP contribution in [0.25, 0.3) is 22.4 Å². The van der Waals surface area contributed by atoms with Crippen molar-refractivity contribution >= 4 is 38.6 Å². The molecule has 0 spiro atoms. The van der Waals surface area contributed by atoms with Crippen LogP contribution in [0.5, 0.6) is 0 Å². The smallest absolute Gasteiger partial charge is 0.221 e. The van der Waals surface area contributed by atoms with Crippen LogP contribution in [0.3, 0.4) is 0 Å². The molecule has 3 rings (SSSR count). The monoisotopic (exact) mass is 359 g/mol. The molecule has 0 saturated carbocycles. The average molecular weight is 360 g/mol. The van der Waals surface area contributed by atoms with Crippen molar-refractivity contribution in [3.8, 4) is 11.4 Å². The fraction of sp³-hybridized carbons (Fsp3) is 0.176. The van der Waals surface area contributed by atoms with Crippen LogP contribution in [0.15, 0.2) is 46.9 Å². The number of benzene rings is 2. The van der Waals surface area contributed by atoms with Crippen LogP contribution >= 0.6 is 15.9 Å². The summed E-state index contributed by atoms with van der Waals surface area (Å²) in [6.45, 7) is 5.49. The number of amides is 1. The Bertz CT molecular complexity index is 778. The van der Waals surface area contributed by atoms with Gasteiger partial charge in [0.05, 0.1) is 11.0 Å². The molecule has 114 valence electrons. The molecule has 0 aliphatic rings. The third-order valence-electron chi connectivity index (χ3n) is 2.92. The number of aromatic nitrogens is 2. The Morgan fingerprint density at radius 1 is 1.14 bits per heavy atom. The summed E-state index contributed by atoms with van der Waals surface area (Å²) < 4.78 is 1.02. The topological polar surface area (TPSA) is 57.8 Å². The number of rotatable bonds is 2. The van der Waals surface area contributed by atoms with Gasteiger partial charge in [-0.25, -0.2) is 4.98 Å². The summed E-state index contributed by atoms with van der Waals surface area (Å²) in [6, 6.07) is 13.5. The van der Waals surface area contributed by atoms with Crippen molar-refractivity contribution in [3.05, 3.63) is 46.9 Å². The fourth-order valence-corrected chi connectivity index (χ4v) is 2.39. The van der Waals surface area contributed by atoms with E-state index in [-0.39, 0.29) is 5.91 Å². The molecule has 1 aromatic heterocycles. The summed E-state index contributed by atoms with van der Waals surface area (Å²) in [5.41, 5.74) is 3.67. The van der Waals surface area contributed by atoms with Gasteiger partial charge in [-0.05, 0) is 42.5 Å². The van der Waals surface area contributed by atoms with Gasteiger partial charge in [-0.1, -0.05) is 29.8 Å². The van der Waals surface area contributed by atoms with Gasteiger partial charge in [-0.3, -0.25) is 4.79 Å². The molecule has 1 heterocycles. The minimum absolute atomic E-state index is 0.0775. The summed E-state index contributed by atoms with van der Waals surface area (Å²) in [5, 5.41) is 2.74. The highest BCUT2D eigenvalue weighted by Crippen LogP contribution is 2.24. The molecule has 4 nitrogen and oxygen atoms in total. The van der Waals surface area contributed by atoms with Crippen LogP contribution in [0.4, 0.5) is 5.69 Å². The largest absolute Gasteiger partial charge is 0.338 e. The number of fused-ring (bicyclic) bond motifs is 1. The van der Waals surface area contributed by atoms with Gasteiger partial charge in [-0.15, -0.1) is 0 Å².